The second kappa shape index (κ2) is 7.74. The van der Waals surface area contributed by atoms with E-state index in [-0.39, 0.29) is 22.6 Å². The number of benzene rings is 2. The molecule has 2 aromatic carbocycles. The number of piperidine rings is 1. The van der Waals surface area contributed by atoms with E-state index in [9.17, 15) is 13.9 Å². The monoisotopic (exact) mass is 409 g/mol. The molecular weight excluding hydrogens is 384 g/mol. The summed E-state index contributed by atoms with van der Waals surface area (Å²) >= 11 is 0. The molecule has 2 aliphatic rings. The predicted octanol–water partition coefficient (Wildman–Crippen LogP) is 5.92. The van der Waals surface area contributed by atoms with E-state index in [1.165, 1.54) is 44.0 Å². The SMILES string of the molecule is Oc1[nH]c2cccc(F)c2c1C=Nc1ccc(N2CCC3CCCCC3C2)c(F)c1. The van der Waals surface area contributed by atoms with Crippen LogP contribution in [0, 0.1) is 23.5 Å². The van der Waals surface area contributed by atoms with E-state index in [0.29, 0.717) is 22.8 Å². The van der Waals surface area contributed by atoms with E-state index in [0.717, 1.165) is 25.4 Å². The molecule has 156 valence electrons. The average Bonchev–Trinajstić information content (AvgIpc) is 3.08. The zero-order valence-corrected chi connectivity index (χ0v) is 16.7. The average molecular weight is 409 g/mol. The molecule has 2 fully saturated rings. The number of hydrogen-bond donors (Lipinski definition) is 2. The van der Waals surface area contributed by atoms with Gasteiger partial charge in [0.05, 0.1) is 22.5 Å². The largest absolute Gasteiger partial charge is 0.494 e. The van der Waals surface area contributed by atoms with Gasteiger partial charge in [-0.15, -0.1) is 0 Å². The van der Waals surface area contributed by atoms with Gasteiger partial charge in [-0.25, -0.2) is 8.78 Å². The number of fused-ring (bicyclic) bond motifs is 2. The molecule has 0 radical (unpaired) electrons. The Morgan fingerprint density at radius 2 is 1.87 bits per heavy atom. The maximum Gasteiger partial charge on any atom is 0.198 e. The Balaban J connectivity index is 1.37. The molecule has 2 unspecified atom stereocenters. The fourth-order valence-electron chi connectivity index (χ4n) is 5.13. The lowest BCUT2D eigenvalue weighted by atomic mass is 9.75. The number of nitrogens with zero attached hydrogens (tertiary/aromatic N) is 2. The molecule has 1 aromatic heterocycles. The summed E-state index contributed by atoms with van der Waals surface area (Å²) in [6.07, 6.45) is 7.69. The van der Waals surface area contributed by atoms with Crippen LogP contribution in [0.2, 0.25) is 0 Å². The zero-order chi connectivity index (χ0) is 20.7. The second-order valence-corrected chi connectivity index (χ2v) is 8.48. The van der Waals surface area contributed by atoms with Gasteiger partial charge < -0.3 is 15.0 Å². The molecule has 1 aliphatic carbocycles. The quantitative estimate of drug-likeness (QED) is 0.528. The first-order chi connectivity index (χ1) is 14.6. The molecule has 1 saturated carbocycles. The highest BCUT2D eigenvalue weighted by atomic mass is 19.1. The van der Waals surface area contributed by atoms with Crippen molar-refractivity contribution in [3.63, 3.8) is 0 Å². The van der Waals surface area contributed by atoms with E-state index < -0.39 is 5.82 Å². The molecule has 2 N–H and O–H groups in total. The normalized spacial score (nSPS) is 22.0. The second-order valence-electron chi connectivity index (χ2n) is 8.48. The number of rotatable bonds is 3. The maximum absolute atomic E-state index is 14.9. The molecule has 1 saturated heterocycles. The fraction of sp³-hybridized carbons (Fsp3) is 0.375. The Bertz CT molecular complexity index is 1110. The number of nitrogens with one attached hydrogen (secondary N) is 1. The van der Waals surface area contributed by atoms with Gasteiger partial charge in [0.25, 0.3) is 0 Å². The lowest BCUT2D eigenvalue weighted by Crippen LogP contribution is -2.42. The summed E-state index contributed by atoms with van der Waals surface area (Å²) in [5.74, 6) is 0.563. The molecule has 2 heterocycles. The lowest BCUT2D eigenvalue weighted by molar-refractivity contribution is 0.202. The van der Waals surface area contributed by atoms with Crippen molar-refractivity contribution in [2.75, 3.05) is 18.0 Å². The third-order valence-corrected chi connectivity index (χ3v) is 6.70. The van der Waals surface area contributed by atoms with Crippen molar-refractivity contribution in [2.45, 2.75) is 32.1 Å². The third-order valence-electron chi connectivity index (χ3n) is 6.70. The van der Waals surface area contributed by atoms with Crippen molar-refractivity contribution in [1.82, 2.24) is 4.98 Å². The van der Waals surface area contributed by atoms with Gasteiger partial charge in [0.2, 0.25) is 0 Å². The molecular formula is C24H25F2N3O. The standard InChI is InChI=1S/C24H25F2N3O/c25-19-6-3-7-21-23(19)18(24(30)28-21)13-27-17-8-9-22(20(26)12-17)29-11-10-15-4-1-2-5-16(15)14-29/h3,6-9,12-13,15-16,28,30H,1-2,4-5,10-11,14H2. The molecule has 0 bridgehead atoms. The molecule has 6 heteroatoms. The van der Waals surface area contributed by atoms with Crippen LogP contribution in [0.5, 0.6) is 5.88 Å². The maximum atomic E-state index is 14.9. The van der Waals surface area contributed by atoms with Crippen LogP contribution in [0.3, 0.4) is 0 Å². The van der Waals surface area contributed by atoms with Crippen molar-refractivity contribution < 1.29 is 13.9 Å². The minimum absolute atomic E-state index is 0.161. The highest BCUT2D eigenvalue weighted by molar-refractivity contribution is 6.02. The Labute approximate surface area is 174 Å². The molecule has 30 heavy (non-hydrogen) atoms. The van der Waals surface area contributed by atoms with Crippen LogP contribution in [0.15, 0.2) is 41.4 Å². The number of H-pyrrole nitrogens is 1. The molecule has 1 aliphatic heterocycles. The Morgan fingerprint density at radius 3 is 2.70 bits per heavy atom. The molecule has 2 atom stereocenters. The highest BCUT2D eigenvalue weighted by Crippen LogP contribution is 2.38. The van der Waals surface area contributed by atoms with E-state index in [2.05, 4.69) is 14.9 Å². The highest BCUT2D eigenvalue weighted by Gasteiger charge is 2.31. The first-order valence-corrected chi connectivity index (χ1v) is 10.7. The minimum atomic E-state index is -0.446. The first-order valence-electron chi connectivity index (χ1n) is 10.7. The Morgan fingerprint density at radius 1 is 1.03 bits per heavy atom. The summed E-state index contributed by atoms with van der Waals surface area (Å²) in [6.45, 7) is 1.82. The van der Waals surface area contributed by atoms with Gasteiger partial charge in [-0.2, -0.15) is 0 Å². The minimum Gasteiger partial charge on any atom is -0.494 e. The summed E-state index contributed by atoms with van der Waals surface area (Å²) in [4.78, 5) is 9.18. The molecule has 3 aromatic rings. The molecule has 5 rings (SSSR count). The van der Waals surface area contributed by atoms with Gasteiger partial charge >= 0.3 is 0 Å². The summed E-state index contributed by atoms with van der Waals surface area (Å²) < 4.78 is 29.1. The van der Waals surface area contributed by atoms with Crippen LogP contribution in [0.4, 0.5) is 20.2 Å². The predicted molar refractivity (Wildman–Crippen MR) is 116 cm³/mol. The number of anilines is 1. The molecule has 0 spiro atoms. The Hall–Kier alpha value is -2.89. The van der Waals surface area contributed by atoms with E-state index in [4.69, 9.17) is 0 Å². The topological polar surface area (TPSA) is 51.6 Å². The van der Waals surface area contributed by atoms with Crippen LogP contribution in [0.1, 0.15) is 37.7 Å². The summed E-state index contributed by atoms with van der Waals surface area (Å²) in [6, 6.07) is 9.53. The number of aliphatic imine (C=N–C) groups is 1. The lowest BCUT2D eigenvalue weighted by Gasteiger charge is -2.42. The number of hydrogen-bond acceptors (Lipinski definition) is 3. The fourth-order valence-corrected chi connectivity index (χ4v) is 5.13. The van der Waals surface area contributed by atoms with Crippen molar-refractivity contribution in [1.29, 1.82) is 0 Å². The third kappa shape index (κ3) is 3.44. The van der Waals surface area contributed by atoms with Gasteiger partial charge in [0.15, 0.2) is 5.88 Å². The number of aromatic amines is 1. The number of halogens is 2. The van der Waals surface area contributed by atoms with Crippen LogP contribution in [0.25, 0.3) is 10.9 Å². The van der Waals surface area contributed by atoms with E-state index >= 15 is 0 Å². The van der Waals surface area contributed by atoms with Crippen LogP contribution >= 0.6 is 0 Å². The summed E-state index contributed by atoms with van der Waals surface area (Å²) in [7, 11) is 0. The van der Waals surface area contributed by atoms with Gasteiger partial charge in [-0.05, 0) is 48.9 Å². The first kappa shape index (κ1) is 19.1. The van der Waals surface area contributed by atoms with Crippen molar-refractivity contribution in [3.8, 4) is 5.88 Å². The summed E-state index contributed by atoms with van der Waals surface area (Å²) in [5, 5.41) is 10.4. The van der Waals surface area contributed by atoms with E-state index in [1.807, 2.05) is 0 Å². The zero-order valence-electron chi connectivity index (χ0n) is 16.7. The number of aromatic nitrogens is 1. The summed E-state index contributed by atoms with van der Waals surface area (Å²) in [5.41, 5.74) is 1.79. The van der Waals surface area contributed by atoms with Gasteiger partial charge in [0, 0.05) is 30.8 Å². The van der Waals surface area contributed by atoms with Crippen molar-refractivity contribution in [3.05, 3.63) is 53.6 Å². The van der Waals surface area contributed by atoms with E-state index in [1.54, 1.807) is 24.3 Å². The van der Waals surface area contributed by atoms with Crippen molar-refractivity contribution in [2.24, 2.45) is 16.8 Å². The van der Waals surface area contributed by atoms with Gasteiger partial charge in [-0.1, -0.05) is 25.3 Å². The van der Waals surface area contributed by atoms with Crippen LogP contribution in [-0.4, -0.2) is 29.4 Å². The smallest absolute Gasteiger partial charge is 0.198 e. The van der Waals surface area contributed by atoms with Crippen molar-refractivity contribution >= 4 is 28.5 Å². The van der Waals surface area contributed by atoms with Gasteiger partial charge in [0.1, 0.15) is 11.6 Å². The van der Waals surface area contributed by atoms with Crippen LogP contribution in [-0.2, 0) is 0 Å². The molecule has 4 nitrogen and oxygen atoms in total. The molecule has 0 amide bonds. The number of aromatic hydroxyl groups is 1. The Kier molecular flexibility index (Phi) is 4.93. The van der Waals surface area contributed by atoms with Crippen LogP contribution < -0.4 is 4.90 Å². The van der Waals surface area contributed by atoms with Gasteiger partial charge in [-0.3, -0.25) is 4.99 Å².